The Labute approximate surface area is 223 Å². The molecule has 1 unspecified atom stereocenters. The fourth-order valence-corrected chi connectivity index (χ4v) is 5.17. The summed E-state index contributed by atoms with van der Waals surface area (Å²) < 4.78 is 22.8. The topological polar surface area (TPSA) is 111 Å². The van der Waals surface area contributed by atoms with Gasteiger partial charge < -0.3 is 34.5 Å². The van der Waals surface area contributed by atoms with Crippen molar-refractivity contribution in [1.82, 2.24) is 15.6 Å². The zero-order chi connectivity index (χ0) is 26.8. The summed E-state index contributed by atoms with van der Waals surface area (Å²) in [5, 5.41) is 5.93. The number of amides is 2. The van der Waals surface area contributed by atoms with Gasteiger partial charge in [0.25, 0.3) is 0 Å². The molecule has 1 aromatic carbocycles. The molecule has 204 valence electrons. The largest absolute Gasteiger partial charge is 0.445 e. The number of carbonyl (C=O) groups is 2. The van der Waals surface area contributed by atoms with Crippen molar-refractivity contribution in [3.05, 3.63) is 59.3 Å². The molecule has 3 aliphatic rings. The number of aryl methyl sites for hydroxylation is 1. The van der Waals surface area contributed by atoms with E-state index in [-0.39, 0.29) is 12.6 Å². The number of aromatic nitrogens is 1. The lowest BCUT2D eigenvalue weighted by Gasteiger charge is -2.29. The summed E-state index contributed by atoms with van der Waals surface area (Å²) in [4.78, 5) is 31.8. The number of pyridine rings is 1. The molecule has 1 aromatic heterocycles. The fraction of sp³-hybridized carbons (Fsp3) is 0.536. The van der Waals surface area contributed by atoms with E-state index < -0.39 is 29.6 Å². The van der Waals surface area contributed by atoms with Crippen LogP contribution in [-0.4, -0.2) is 66.9 Å². The summed E-state index contributed by atoms with van der Waals surface area (Å²) in [6.07, 6.45) is 1.32. The molecular formula is C28H36N4O6. The highest BCUT2D eigenvalue weighted by Gasteiger charge is 2.53. The molecule has 3 heterocycles. The molecule has 10 nitrogen and oxygen atoms in total. The number of ether oxygens (including phenoxy) is 4. The molecular weight excluding hydrogens is 488 g/mol. The van der Waals surface area contributed by atoms with Crippen LogP contribution >= 0.6 is 0 Å². The van der Waals surface area contributed by atoms with Crippen molar-refractivity contribution in [2.75, 3.05) is 31.2 Å². The van der Waals surface area contributed by atoms with E-state index in [1.165, 1.54) is 0 Å². The van der Waals surface area contributed by atoms with Crippen LogP contribution in [0.4, 0.5) is 15.4 Å². The van der Waals surface area contributed by atoms with Crippen LogP contribution < -0.4 is 15.5 Å². The van der Waals surface area contributed by atoms with Gasteiger partial charge in [-0.1, -0.05) is 36.4 Å². The molecule has 38 heavy (non-hydrogen) atoms. The lowest BCUT2D eigenvalue weighted by atomic mass is 9.92. The second-order valence-electron chi connectivity index (χ2n) is 11.0. The quantitative estimate of drug-likeness (QED) is 0.613. The van der Waals surface area contributed by atoms with E-state index in [0.717, 1.165) is 35.5 Å². The smallest absolute Gasteiger partial charge is 0.408 e. The van der Waals surface area contributed by atoms with Crippen LogP contribution in [0.2, 0.25) is 0 Å². The van der Waals surface area contributed by atoms with E-state index in [9.17, 15) is 9.59 Å². The van der Waals surface area contributed by atoms with Gasteiger partial charge >= 0.3 is 12.2 Å². The summed E-state index contributed by atoms with van der Waals surface area (Å²) in [6, 6.07) is 13.3. The molecule has 2 fully saturated rings. The van der Waals surface area contributed by atoms with Crippen LogP contribution in [0.25, 0.3) is 0 Å². The number of rotatable bonds is 5. The standard InChI is InChI=1S/C28H36N4O6/c1-27(2,3)38-26(34)31-23-16-32(18-28(23)36-13-14-37-28)24-12-9-20-15-21(10-11-22(20)30-24)29-25(33)35-17-19-7-5-4-6-8-19/h4-9,12,21,23H,10-11,13-18H2,1-3H3,(H,29,33)(H,31,34)/t21-,23?/m0/s1. The first-order valence-electron chi connectivity index (χ1n) is 13.2. The van der Waals surface area contributed by atoms with E-state index in [4.69, 9.17) is 23.9 Å². The van der Waals surface area contributed by atoms with Gasteiger partial charge in [-0.25, -0.2) is 14.6 Å². The summed E-state index contributed by atoms with van der Waals surface area (Å²) in [7, 11) is 0. The molecule has 0 bridgehead atoms. The van der Waals surface area contributed by atoms with Gasteiger partial charge in [-0.2, -0.15) is 0 Å². The number of nitrogens with zero attached hydrogens (tertiary/aromatic N) is 2. The number of hydrogen-bond donors (Lipinski definition) is 2. The number of fused-ring (bicyclic) bond motifs is 1. The van der Waals surface area contributed by atoms with Gasteiger partial charge in [0.05, 0.1) is 19.8 Å². The van der Waals surface area contributed by atoms with Crippen molar-refractivity contribution >= 4 is 18.0 Å². The summed E-state index contributed by atoms with van der Waals surface area (Å²) in [5.74, 6) is -0.117. The summed E-state index contributed by atoms with van der Waals surface area (Å²) >= 11 is 0. The summed E-state index contributed by atoms with van der Waals surface area (Å²) in [6.45, 7) is 7.62. The minimum absolute atomic E-state index is 0.00354. The van der Waals surface area contributed by atoms with Gasteiger partial charge in [0.2, 0.25) is 5.79 Å². The van der Waals surface area contributed by atoms with E-state index >= 15 is 0 Å². The van der Waals surface area contributed by atoms with Crippen molar-refractivity contribution in [3.8, 4) is 0 Å². The van der Waals surface area contributed by atoms with Gasteiger partial charge in [0, 0.05) is 18.3 Å². The molecule has 0 saturated carbocycles. The maximum Gasteiger partial charge on any atom is 0.408 e. The molecule has 10 heteroatoms. The Kier molecular flexibility index (Phi) is 7.45. The van der Waals surface area contributed by atoms with Crippen LogP contribution in [0.5, 0.6) is 0 Å². The third kappa shape index (κ3) is 6.19. The first-order valence-corrected chi connectivity index (χ1v) is 13.2. The van der Waals surface area contributed by atoms with Gasteiger partial charge in [0.1, 0.15) is 24.1 Å². The molecule has 1 spiro atoms. The monoisotopic (exact) mass is 524 g/mol. The van der Waals surface area contributed by atoms with Crippen LogP contribution in [0, 0.1) is 0 Å². The Balaban J connectivity index is 1.19. The normalized spacial score (nSPS) is 22.1. The lowest BCUT2D eigenvalue weighted by Crippen LogP contribution is -2.53. The molecule has 2 aliphatic heterocycles. The van der Waals surface area contributed by atoms with Gasteiger partial charge in [-0.3, -0.25) is 0 Å². The highest BCUT2D eigenvalue weighted by atomic mass is 16.7. The highest BCUT2D eigenvalue weighted by molar-refractivity contribution is 5.69. The number of alkyl carbamates (subject to hydrolysis) is 2. The van der Waals surface area contributed by atoms with Crippen molar-refractivity contribution in [3.63, 3.8) is 0 Å². The number of hydrogen-bond acceptors (Lipinski definition) is 8. The molecule has 5 rings (SSSR count). The Bertz CT molecular complexity index is 1150. The van der Waals surface area contributed by atoms with Crippen molar-refractivity contribution in [1.29, 1.82) is 0 Å². The van der Waals surface area contributed by atoms with Crippen LogP contribution in [0.3, 0.4) is 0 Å². The van der Waals surface area contributed by atoms with Crippen molar-refractivity contribution in [2.24, 2.45) is 0 Å². The molecule has 2 amide bonds. The molecule has 2 aromatic rings. The zero-order valence-corrected chi connectivity index (χ0v) is 22.2. The second-order valence-corrected chi connectivity index (χ2v) is 11.0. The predicted octanol–water partition coefficient (Wildman–Crippen LogP) is 3.32. The Morgan fingerprint density at radius 1 is 1.08 bits per heavy atom. The first kappa shape index (κ1) is 26.2. The predicted molar refractivity (Wildman–Crippen MR) is 140 cm³/mol. The summed E-state index contributed by atoms with van der Waals surface area (Å²) in [5.41, 5.74) is 2.48. The van der Waals surface area contributed by atoms with E-state index in [0.29, 0.717) is 32.7 Å². The molecule has 2 N–H and O–H groups in total. The molecule has 0 radical (unpaired) electrons. The molecule has 2 saturated heterocycles. The van der Waals surface area contributed by atoms with Crippen molar-refractivity contribution < 1.29 is 28.5 Å². The van der Waals surface area contributed by atoms with Crippen LogP contribution in [0.15, 0.2) is 42.5 Å². The second kappa shape index (κ2) is 10.8. The van der Waals surface area contributed by atoms with E-state index in [1.54, 1.807) is 0 Å². The first-order chi connectivity index (χ1) is 18.2. The van der Waals surface area contributed by atoms with E-state index in [2.05, 4.69) is 21.6 Å². The Morgan fingerprint density at radius 2 is 1.84 bits per heavy atom. The lowest BCUT2D eigenvalue weighted by molar-refractivity contribution is -0.153. The van der Waals surface area contributed by atoms with Crippen LogP contribution in [0.1, 0.15) is 44.0 Å². The Morgan fingerprint density at radius 3 is 2.58 bits per heavy atom. The maximum atomic E-state index is 12.5. The average Bonchev–Trinajstić information content (AvgIpc) is 3.49. The molecule has 1 aliphatic carbocycles. The third-order valence-electron chi connectivity index (χ3n) is 6.92. The fourth-order valence-electron chi connectivity index (χ4n) is 5.17. The third-order valence-corrected chi connectivity index (χ3v) is 6.92. The van der Waals surface area contributed by atoms with Gasteiger partial charge in [0.15, 0.2) is 0 Å². The minimum Gasteiger partial charge on any atom is -0.445 e. The minimum atomic E-state index is -0.927. The van der Waals surface area contributed by atoms with Gasteiger partial charge in [-0.05, 0) is 57.2 Å². The van der Waals surface area contributed by atoms with E-state index in [1.807, 2.05) is 57.2 Å². The van der Waals surface area contributed by atoms with Crippen molar-refractivity contribution in [2.45, 2.75) is 70.1 Å². The molecule has 2 atom stereocenters. The van der Waals surface area contributed by atoms with Crippen LogP contribution in [-0.2, 0) is 38.4 Å². The number of nitrogens with one attached hydrogen (secondary N) is 2. The highest BCUT2D eigenvalue weighted by Crippen LogP contribution is 2.34. The zero-order valence-electron chi connectivity index (χ0n) is 22.2. The van der Waals surface area contributed by atoms with Gasteiger partial charge in [-0.15, -0.1) is 0 Å². The number of anilines is 1. The average molecular weight is 525 g/mol. The maximum absolute atomic E-state index is 12.5. The Hall–Kier alpha value is -3.37. The number of carbonyl (C=O) groups excluding carboxylic acids is 2. The SMILES string of the molecule is CC(C)(C)OC(=O)NC1CN(c2ccc3c(n2)CC[C@H](NC(=O)OCc2ccccc2)C3)CC12OCCO2. The number of benzene rings is 1.